The number of rotatable bonds is 5. The summed E-state index contributed by atoms with van der Waals surface area (Å²) < 4.78 is 7.09. The molecule has 5 heteroatoms. The van der Waals surface area contributed by atoms with E-state index in [2.05, 4.69) is 0 Å². The number of benzene rings is 1. The molecule has 1 aliphatic heterocycles. The van der Waals surface area contributed by atoms with Crippen LogP contribution >= 0.6 is 0 Å². The van der Waals surface area contributed by atoms with Crippen LogP contribution < -0.4 is 10.3 Å². The second-order valence-electron chi connectivity index (χ2n) is 5.60. The van der Waals surface area contributed by atoms with Crippen LogP contribution in [-0.2, 0) is 11.3 Å². The molecule has 0 radical (unpaired) electrons. The number of aromatic nitrogens is 1. The molecule has 0 aliphatic carbocycles. The normalized spacial score (nSPS) is 17.1. The van der Waals surface area contributed by atoms with Crippen LogP contribution in [0.5, 0.6) is 0 Å². The predicted octanol–water partition coefficient (Wildman–Crippen LogP) is 1.80. The van der Waals surface area contributed by atoms with Crippen LogP contribution in [-0.4, -0.2) is 24.3 Å². The Bertz CT molecular complexity index is 722. The molecule has 118 valence electrons. The van der Waals surface area contributed by atoms with Crippen molar-refractivity contribution in [2.24, 2.45) is 0 Å². The van der Waals surface area contributed by atoms with Crippen LogP contribution in [0.4, 0.5) is 5.69 Å². The molecule has 3 rings (SSSR count). The maximum absolute atomic E-state index is 12.7. The second-order valence-corrected chi connectivity index (χ2v) is 5.60. The quantitative estimate of drug-likeness (QED) is 0.675. The van der Waals surface area contributed by atoms with Gasteiger partial charge >= 0.3 is 0 Å². The van der Waals surface area contributed by atoms with E-state index in [0.29, 0.717) is 30.0 Å². The Morgan fingerprint density at radius 2 is 1.96 bits per heavy atom. The van der Waals surface area contributed by atoms with Gasteiger partial charge in [-0.15, -0.1) is 0 Å². The molecule has 0 bridgehead atoms. The summed E-state index contributed by atoms with van der Waals surface area (Å²) in [6.45, 7) is 0.662. The highest BCUT2D eigenvalue weighted by Crippen LogP contribution is 2.18. The number of carbonyl (C=O) groups excluding carboxylic acids is 2. The lowest BCUT2D eigenvalue weighted by atomic mass is 10.1. The molecule has 1 aliphatic rings. The number of nitrogens with two attached hydrogens (primary N) is 1. The van der Waals surface area contributed by atoms with Crippen LogP contribution in [0.15, 0.2) is 48.7 Å². The fourth-order valence-electron chi connectivity index (χ4n) is 2.79. The summed E-state index contributed by atoms with van der Waals surface area (Å²) in [5.74, 6) is -0.218. The number of carbonyl (C=O) groups is 2. The van der Waals surface area contributed by atoms with Crippen molar-refractivity contribution in [2.75, 3.05) is 12.3 Å². The number of anilines is 1. The largest absolute Gasteiger partial charge is 0.393 e. The van der Waals surface area contributed by atoms with Crippen LogP contribution in [0.3, 0.4) is 0 Å². The lowest BCUT2D eigenvalue weighted by Gasteiger charge is -2.09. The van der Waals surface area contributed by atoms with Gasteiger partial charge in [0.25, 0.3) is 11.5 Å². The molecule has 1 fully saturated rings. The molecular formula is C18H19N2O3+. The van der Waals surface area contributed by atoms with Gasteiger partial charge in [-0.05, 0) is 18.9 Å². The van der Waals surface area contributed by atoms with Gasteiger partial charge in [-0.3, -0.25) is 9.59 Å². The summed E-state index contributed by atoms with van der Waals surface area (Å²) in [4.78, 5) is 25.1. The van der Waals surface area contributed by atoms with Crippen molar-refractivity contribution >= 4 is 17.3 Å². The van der Waals surface area contributed by atoms with E-state index in [1.54, 1.807) is 35.0 Å². The van der Waals surface area contributed by atoms with E-state index < -0.39 is 6.10 Å². The lowest BCUT2D eigenvalue weighted by molar-refractivity contribution is -0.684. The second kappa shape index (κ2) is 6.71. The summed E-state index contributed by atoms with van der Waals surface area (Å²) in [5.41, 5.74) is 7.32. The van der Waals surface area contributed by atoms with Gasteiger partial charge in [0.1, 0.15) is 11.8 Å². The first-order valence-electron chi connectivity index (χ1n) is 7.69. The Hall–Kier alpha value is -2.53. The van der Waals surface area contributed by atoms with E-state index >= 15 is 0 Å². The van der Waals surface area contributed by atoms with Crippen molar-refractivity contribution in [1.82, 2.24) is 0 Å². The van der Waals surface area contributed by atoms with Gasteiger partial charge in [-0.2, -0.15) is 4.57 Å². The number of nitrogen functional groups attached to an aromatic ring is 1. The lowest BCUT2D eigenvalue weighted by Crippen LogP contribution is -2.46. The van der Waals surface area contributed by atoms with E-state index in [-0.39, 0.29) is 18.1 Å². The minimum Gasteiger partial charge on any atom is -0.393 e. The maximum Gasteiger partial charge on any atom is 0.275 e. The molecular weight excluding hydrogens is 292 g/mol. The Labute approximate surface area is 134 Å². The first-order chi connectivity index (χ1) is 11.2. The number of ketones is 2. The average molecular weight is 311 g/mol. The van der Waals surface area contributed by atoms with Crippen molar-refractivity contribution in [1.29, 1.82) is 0 Å². The molecule has 0 spiro atoms. The summed E-state index contributed by atoms with van der Waals surface area (Å²) in [6.07, 6.45) is 2.81. The van der Waals surface area contributed by atoms with Gasteiger partial charge in [0.05, 0.1) is 0 Å². The van der Waals surface area contributed by atoms with Gasteiger partial charge in [-0.1, -0.05) is 30.3 Å². The molecule has 1 unspecified atom stereocenters. The van der Waals surface area contributed by atoms with Gasteiger partial charge in [0, 0.05) is 18.2 Å². The molecule has 1 saturated heterocycles. The molecule has 0 amide bonds. The van der Waals surface area contributed by atoms with Crippen LogP contribution in [0.1, 0.15) is 33.7 Å². The van der Waals surface area contributed by atoms with Crippen molar-refractivity contribution in [3.8, 4) is 0 Å². The molecule has 1 aromatic heterocycles. The van der Waals surface area contributed by atoms with E-state index in [0.717, 1.165) is 6.42 Å². The fraction of sp³-hybridized carbons (Fsp3) is 0.278. The zero-order chi connectivity index (χ0) is 16.2. The molecule has 2 heterocycles. The first kappa shape index (κ1) is 15.4. The zero-order valence-corrected chi connectivity index (χ0v) is 12.8. The number of hydrogen-bond donors (Lipinski definition) is 1. The smallest absolute Gasteiger partial charge is 0.275 e. The fourth-order valence-corrected chi connectivity index (χ4v) is 2.79. The Morgan fingerprint density at radius 1 is 1.17 bits per heavy atom. The molecule has 2 aromatic rings. The van der Waals surface area contributed by atoms with Gasteiger partial charge in [-0.25, -0.2) is 0 Å². The monoisotopic (exact) mass is 311 g/mol. The minimum atomic E-state index is -0.460. The van der Waals surface area contributed by atoms with E-state index in [1.165, 1.54) is 0 Å². The molecule has 5 nitrogen and oxygen atoms in total. The van der Waals surface area contributed by atoms with Crippen molar-refractivity contribution in [3.63, 3.8) is 0 Å². The van der Waals surface area contributed by atoms with Crippen molar-refractivity contribution < 1.29 is 18.9 Å². The highest BCUT2D eigenvalue weighted by atomic mass is 16.5. The van der Waals surface area contributed by atoms with Crippen molar-refractivity contribution in [2.45, 2.75) is 25.5 Å². The predicted molar refractivity (Wildman–Crippen MR) is 85.1 cm³/mol. The van der Waals surface area contributed by atoms with Crippen molar-refractivity contribution in [3.05, 3.63) is 59.9 Å². The van der Waals surface area contributed by atoms with E-state index in [1.807, 2.05) is 18.2 Å². The maximum atomic E-state index is 12.7. The molecule has 1 atom stereocenters. The molecule has 0 saturated carbocycles. The molecule has 2 N–H and O–H groups in total. The summed E-state index contributed by atoms with van der Waals surface area (Å²) in [7, 11) is 0. The Morgan fingerprint density at radius 3 is 2.65 bits per heavy atom. The Balaban J connectivity index is 1.89. The van der Waals surface area contributed by atoms with Gasteiger partial charge in [0.2, 0.25) is 12.3 Å². The third kappa shape index (κ3) is 3.29. The molecule has 1 aromatic carbocycles. The third-order valence-corrected chi connectivity index (χ3v) is 3.97. The van der Waals surface area contributed by atoms with Crippen LogP contribution in [0.25, 0.3) is 0 Å². The highest BCUT2D eigenvalue weighted by molar-refractivity contribution is 6.01. The van der Waals surface area contributed by atoms with Crippen LogP contribution in [0.2, 0.25) is 0 Å². The van der Waals surface area contributed by atoms with Gasteiger partial charge < -0.3 is 10.5 Å². The Kier molecular flexibility index (Phi) is 4.48. The summed E-state index contributed by atoms with van der Waals surface area (Å²) >= 11 is 0. The number of nitrogens with zero attached hydrogens (tertiary/aromatic N) is 1. The van der Waals surface area contributed by atoms with E-state index in [4.69, 9.17) is 10.5 Å². The SMILES string of the molecule is Nc1ccc[n+](CC(=O)c2ccccc2)c1C(=O)C1CCCO1. The highest BCUT2D eigenvalue weighted by Gasteiger charge is 2.33. The standard InChI is InChI=1S/C18H18N2O3/c19-14-8-4-10-20(12-15(21)13-6-2-1-3-7-13)17(14)18(22)16-9-5-11-23-16/h1-4,6-8,10,16H,5,9,11-12H2,(H-,19,22)/p+1. The number of Topliss-reactive ketones (excluding diaryl/α,β-unsaturated/α-hetero) is 2. The van der Waals surface area contributed by atoms with Crippen LogP contribution in [0, 0.1) is 0 Å². The topological polar surface area (TPSA) is 73.3 Å². The molecule has 23 heavy (non-hydrogen) atoms. The third-order valence-electron chi connectivity index (χ3n) is 3.97. The number of ether oxygens (including phenoxy) is 1. The minimum absolute atomic E-state index is 0.0670. The van der Waals surface area contributed by atoms with Gasteiger partial charge in [0.15, 0.2) is 6.20 Å². The number of pyridine rings is 1. The first-order valence-corrected chi connectivity index (χ1v) is 7.69. The zero-order valence-electron chi connectivity index (χ0n) is 12.8. The van der Waals surface area contributed by atoms with E-state index in [9.17, 15) is 9.59 Å². The average Bonchev–Trinajstić information content (AvgIpc) is 3.10. The summed E-state index contributed by atoms with van der Waals surface area (Å²) in [6, 6.07) is 12.4. The summed E-state index contributed by atoms with van der Waals surface area (Å²) in [5, 5.41) is 0. The number of hydrogen-bond acceptors (Lipinski definition) is 4.